The van der Waals surface area contributed by atoms with E-state index in [1.165, 1.54) is 6.07 Å². The highest BCUT2D eigenvalue weighted by Crippen LogP contribution is 2.55. The van der Waals surface area contributed by atoms with Gasteiger partial charge in [-0.15, -0.1) is 0 Å². The number of halogens is 3. The Bertz CT molecular complexity index is 807. The highest BCUT2D eigenvalue weighted by Gasteiger charge is 2.41. The fourth-order valence-electron chi connectivity index (χ4n) is 3.80. The van der Waals surface area contributed by atoms with Crippen LogP contribution < -0.4 is 4.90 Å². The van der Waals surface area contributed by atoms with Gasteiger partial charge in [0.05, 0.1) is 5.69 Å². The molecule has 4 rings (SSSR count). The Balaban J connectivity index is 1.60. The first kappa shape index (κ1) is 16.7. The summed E-state index contributed by atoms with van der Waals surface area (Å²) >= 11 is 5.73. The summed E-state index contributed by atoms with van der Waals surface area (Å²) in [6, 6.07) is 3.16. The van der Waals surface area contributed by atoms with Crippen LogP contribution in [0.15, 0.2) is 24.5 Å². The molecule has 2 aliphatic rings. The molecule has 0 N–H and O–H groups in total. The predicted octanol–water partition coefficient (Wildman–Crippen LogP) is 4.92. The van der Waals surface area contributed by atoms with E-state index in [-0.39, 0.29) is 22.5 Å². The van der Waals surface area contributed by atoms with Crippen LogP contribution in [-0.4, -0.2) is 23.1 Å². The van der Waals surface area contributed by atoms with Gasteiger partial charge in [-0.3, -0.25) is 0 Å². The van der Waals surface area contributed by atoms with Crippen LogP contribution in [0.2, 0.25) is 5.28 Å². The van der Waals surface area contributed by atoms with Crippen LogP contribution in [0.25, 0.3) is 0 Å². The third-order valence-electron chi connectivity index (χ3n) is 5.34. The normalized spacial score (nSPS) is 24.6. The molecule has 1 aliphatic heterocycles. The topological polar surface area (TPSA) is 29.0 Å². The minimum absolute atomic E-state index is 0.127. The number of rotatable bonds is 3. The Hall–Kier alpha value is -1.75. The molecule has 2 aromatic rings. The molecule has 0 unspecified atom stereocenters. The number of hydrogen-bond acceptors (Lipinski definition) is 3. The fourth-order valence-corrected chi connectivity index (χ4v) is 3.90. The van der Waals surface area contributed by atoms with Gasteiger partial charge in [0.25, 0.3) is 0 Å². The molecule has 1 aliphatic carbocycles. The minimum atomic E-state index is -0.768. The van der Waals surface area contributed by atoms with E-state index in [2.05, 4.69) is 23.8 Å². The van der Waals surface area contributed by atoms with Crippen molar-refractivity contribution in [2.45, 2.75) is 38.5 Å². The predicted molar refractivity (Wildman–Crippen MR) is 94.1 cm³/mol. The Labute approximate surface area is 151 Å². The van der Waals surface area contributed by atoms with Crippen LogP contribution in [0, 0.1) is 17.0 Å². The summed E-state index contributed by atoms with van der Waals surface area (Å²) < 4.78 is 28.6. The Morgan fingerprint density at radius 3 is 2.44 bits per heavy atom. The Morgan fingerprint density at radius 1 is 1.12 bits per heavy atom. The highest BCUT2D eigenvalue weighted by atomic mass is 35.5. The van der Waals surface area contributed by atoms with Crippen LogP contribution in [-0.2, 0) is 0 Å². The summed E-state index contributed by atoms with van der Waals surface area (Å²) in [5.41, 5.74) is 2.35. The standard InChI is InChI=1S/C19H20ClF2N3/c1-19(2)3-4-25(10-19)16-6-11(5-15(21)17(16)22)13-7-14(13)12-8-23-18(20)24-9-12/h5-6,8-9,13-14H,3-4,7,10H2,1-2H3/t13-,14-/m0/s1. The van der Waals surface area contributed by atoms with Gasteiger partial charge in [-0.05, 0) is 65.0 Å². The highest BCUT2D eigenvalue weighted by molar-refractivity contribution is 6.28. The maximum atomic E-state index is 14.4. The minimum Gasteiger partial charge on any atom is -0.369 e. The molecular weight excluding hydrogens is 344 g/mol. The van der Waals surface area contributed by atoms with E-state index in [0.29, 0.717) is 5.69 Å². The molecule has 2 heterocycles. The molecule has 0 spiro atoms. The van der Waals surface area contributed by atoms with E-state index in [1.807, 2.05) is 11.0 Å². The van der Waals surface area contributed by atoms with Crippen LogP contribution in [0.4, 0.5) is 14.5 Å². The maximum Gasteiger partial charge on any atom is 0.222 e. The molecule has 6 heteroatoms. The smallest absolute Gasteiger partial charge is 0.222 e. The molecule has 1 aromatic carbocycles. The number of benzene rings is 1. The lowest BCUT2D eigenvalue weighted by molar-refractivity contribution is 0.418. The van der Waals surface area contributed by atoms with Crippen LogP contribution >= 0.6 is 11.6 Å². The SMILES string of the molecule is CC1(C)CCN(c2cc([C@@H]3C[C@H]3c3cnc(Cl)nc3)cc(F)c2F)C1. The third-order valence-corrected chi connectivity index (χ3v) is 5.53. The number of aromatic nitrogens is 2. The van der Waals surface area contributed by atoms with E-state index in [9.17, 15) is 8.78 Å². The van der Waals surface area contributed by atoms with Gasteiger partial charge in [0.2, 0.25) is 5.28 Å². The average molecular weight is 364 g/mol. The third kappa shape index (κ3) is 3.22. The Kier molecular flexibility index (Phi) is 3.95. The fraction of sp³-hybridized carbons (Fsp3) is 0.474. The quantitative estimate of drug-likeness (QED) is 0.725. The van der Waals surface area contributed by atoms with Gasteiger partial charge >= 0.3 is 0 Å². The van der Waals surface area contributed by atoms with Gasteiger partial charge in [0, 0.05) is 25.5 Å². The molecule has 0 amide bonds. The van der Waals surface area contributed by atoms with Crippen molar-refractivity contribution in [3.8, 4) is 0 Å². The van der Waals surface area contributed by atoms with Crippen LogP contribution in [0.3, 0.4) is 0 Å². The second-order valence-electron chi connectivity index (χ2n) is 7.91. The van der Waals surface area contributed by atoms with Crippen molar-refractivity contribution in [1.82, 2.24) is 9.97 Å². The summed E-state index contributed by atoms with van der Waals surface area (Å²) in [5, 5.41) is 0.215. The average Bonchev–Trinajstić information content (AvgIpc) is 3.27. The molecule has 2 atom stereocenters. The first-order chi connectivity index (χ1) is 11.8. The van der Waals surface area contributed by atoms with Crippen molar-refractivity contribution in [2.75, 3.05) is 18.0 Å². The Morgan fingerprint density at radius 2 is 1.80 bits per heavy atom. The number of hydrogen-bond donors (Lipinski definition) is 0. The lowest BCUT2D eigenvalue weighted by Gasteiger charge is -2.23. The summed E-state index contributed by atoms with van der Waals surface area (Å²) in [7, 11) is 0. The van der Waals surface area contributed by atoms with Gasteiger partial charge in [-0.1, -0.05) is 13.8 Å². The summed E-state index contributed by atoms with van der Waals surface area (Å²) in [6.45, 7) is 5.81. The zero-order valence-corrected chi connectivity index (χ0v) is 15.0. The maximum absolute atomic E-state index is 14.4. The molecule has 1 saturated heterocycles. The van der Waals surface area contributed by atoms with Crippen LogP contribution in [0.1, 0.15) is 49.7 Å². The first-order valence-electron chi connectivity index (χ1n) is 8.55. The van der Waals surface area contributed by atoms with Gasteiger partial charge in [-0.2, -0.15) is 0 Å². The van der Waals surface area contributed by atoms with E-state index >= 15 is 0 Å². The summed E-state index contributed by atoms with van der Waals surface area (Å²) in [6.07, 6.45) is 5.29. The van der Waals surface area contributed by atoms with Crippen molar-refractivity contribution in [2.24, 2.45) is 5.41 Å². The van der Waals surface area contributed by atoms with E-state index in [1.54, 1.807) is 12.4 Å². The van der Waals surface area contributed by atoms with Crippen molar-refractivity contribution in [3.63, 3.8) is 0 Å². The molecule has 3 nitrogen and oxygen atoms in total. The van der Waals surface area contributed by atoms with Gasteiger partial charge in [-0.25, -0.2) is 18.7 Å². The van der Waals surface area contributed by atoms with E-state index in [4.69, 9.17) is 11.6 Å². The van der Waals surface area contributed by atoms with Gasteiger partial charge in [0.1, 0.15) is 0 Å². The monoisotopic (exact) mass is 363 g/mol. The molecule has 25 heavy (non-hydrogen) atoms. The van der Waals surface area contributed by atoms with Crippen molar-refractivity contribution >= 4 is 17.3 Å². The first-order valence-corrected chi connectivity index (χ1v) is 8.93. The van der Waals surface area contributed by atoms with Crippen molar-refractivity contribution in [3.05, 3.63) is 52.6 Å². The van der Waals surface area contributed by atoms with Gasteiger partial charge in [0.15, 0.2) is 11.6 Å². The summed E-state index contributed by atoms with van der Waals surface area (Å²) in [5.74, 6) is -1.09. The molecule has 0 bridgehead atoms. The molecule has 132 valence electrons. The molecule has 1 saturated carbocycles. The zero-order chi connectivity index (χ0) is 17.8. The van der Waals surface area contributed by atoms with Gasteiger partial charge < -0.3 is 4.90 Å². The molecule has 1 aromatic heterocycles. The molecular formula is C19H20ClF2N3. The summed E-state index contributed by atoms with van der Waals surface area (Å²) in [4.78, 5) is 9.98. The number of nitrogens with zero attached hydrogens (tertiary/aromatic N) is 3. The van der Waals surface area contributed by atoms with E-state index < -0.39 is 11.6 Å². The largest absolute Gasteiger partial charge is 0.369 e. The lowest BCUT2D eigenvalue weighted by atomic mass is 9.93. The van der Waals surface area contributed by atoms with Crippen molar-refractivity contribution in [1.29, 1.82) is 0 Å². The van der Waals surface area contributed by atoms with E-state index in [0.717, 1.165) is 37.1 Å². The zero-order valence-electron chi connectivity index (χ0n) is 14.3. The lowest BCUT2D eigenvalue weighted by Crippen LogP contribution is -2.24. The second-order valence-corrected chi connectivity index (χ2v) is 8.24. The molecule has 2 fully saturated rings. The second kappa shape index (κ2) is 5.90. The number of anilines is 1. The molecule has 0 radical (unpaired) electrons. The van der Waals surface area contributed by atoms with Crippen molar-refractivity contribution < 1.29 is 8.78 Å². The van der Waals surface area contributed by atoms with Crippen LogP contribution in [0.5, 0.6) is 0 Å².